The zero-order valence-electron chi connectivity index (χ0n) is 13.4. The van der Waals surface area contributed by atoms with Crippen molar-refractivity contribution in [1.82, 2.24) is 19.4 Å². The van der Waals surface area contributed by atoms with E-state index < -0.39 is 23.6 Å². The standard InChI is InChI=1S/C16H16F4N4O/c1-23(15(25)11-4-5-21-6-12(11)17)7-10-2-3-14-22-13(16(18,19)20)9-24(14)8-10/h4-6,9-10H,2-3,7-8H2,1H3/t10-/m0/s1. The normalized spacial score (nSPS) is 17.2. The van der Waals surface area contributed by atoms with E-state index >= 15 is 0 Å². The Bertz CT molecular complexity index is 787. The van der Waals surface area contributed by atoms with Gasteiger partial charge in [0.15, 0.2) is 11.5 Å². The molecule has 0 bridgehead atoms. The molecule has 3 rings (SSSR count). The van der Waals surface area contributed by atoms with Crippen molar-refractivity contribution in [3.05, 3.63) is 47.6 Å². The van der Waals surface area contributed by atoms with Gasteiger partial charge < -0.3 is 9.47 Å². The summed E-state index contributed by atoms with van der Waals surface area (Å²) < 4.78 is 53.4. The van der Waals surface area contributed by atoms with Gasteiger partial charge in [0.05, 0.1) is 11.8 Å². The highest BCUT2D eigenvalue weighted by atomic mass is 19.4. The molecule has 0 radical (unpaired) electrons. The van der Waals surface area contributed by atoms with Crippen LogP contribution in [0.1, 0.15) is 28.3 Å². The minimum absolute atomic E-state index is 0.0263. The predicted molar refractivity (Wildman–Crippen MR) is 80.2 cm³/mol. The molecule has 0 N–H and O–H groups in total. The van der Waals surface area contributed by atoms with Gasteiger partial charge in [0.25, 0.3) is 5.91 Å². The Labute approximate surface area is 141 Å². The smallest absolute Gasteiger partial charge is 0.341 e. The molecule has 0 aliphatic carbocycles. The first-order valence-corrected chi connectivity index (χ1v) is 7.74. The van der Waals surface area contributed by atoms with Crippen molar-refractivity contribution in [3.8, 4) is 0 Å². The number of carbonyl (C=O) groups is 1. The SMILES string of the molecule is CN(C[C@@H]1CCc2nc(C(F)(F)F)cn2C1)C(=O)c1ccncc1F. The number of hydrogen-bond donors (Lipinski definition) is 0. The van der Waals surface area contributed by atoms with Gasteiger partial charge in [-0.05, 0) is 18.4 Å². The van der Waals surface area contributed by atoms with Crippen molar-refractivity contribution in [1.29, 1.82) is 0 Å². The van der Waals surface area contributed by atoms with E-state index in [4.69, 9.17) is 0 Å². The zero-order valence-corrected chi connectivity index (χ0v) is 13.4. The predicted octanol–water partition coefficient (Wildman–Crippen LogP) is 2.77. The van der Waals surface area contributed by atoms with Gasteiger partial charge in [-0.1, -0.05) is 0 Å². The second kappa shape index (κ2) is 6.45. The fourth-order valence-corrected chi connectivity index (χ4v) is 3.02. The molecule has 1 aliphatic rings. The van der Waals surface area contributed by atoms with Crippen LogP contribution in [0.5, 0.6) is 0 Å². The van der Waals surface area contributed by atoms with E-state index in [-0.39, 0.29) is 11.5 Å². The number of imidazole rings is 1. The maximum absolute atomic E-state index is 13.7. The number of amides is 1. The molecular formula is C16H16F4N4O. The van der Waals surface area contributed by atoms with Crippen LogP contribution in [-0.4, -0.2) is 38.9 Å². The quantitative estimate of drug-likeness (QED) is 0.795. The van der Waals surface area contributed by atoms with Gasteiger partial charge in [0.2, 0.25) is 0 Å². The van der Waals surface area contributed by atoms with Crippen LogP contribution in [-0.2, 0) is 19.1 Å². The maximum atomic E-state index is 13.7. The summed E-state index contributed by atoms with van der Waals surface area (Å²) in [4.78, 5) is 20.9. The topological polar surface area (TPSA) is 51.0 Å². The zero-order chi connectivity index (χ0) is 18.2. The van der Waals surface area contributed by atoms with Crippen LogP contribution in [0.2, 0.25) is 0 Å². The van der Waals surface area contributed by atoms with Gasteiger partial charge in [-0.25, -0.2) is 9.37 Å². The largest absolute Gasteiger partial charge is 0.434 e. The number of alkyl halides is 3. The summed E-state index contributed by atoms with van der Waals surface area (Å²) in [7, 11) is 1.55. The first-order valence-electron chi connectivity index (χ1n) is 7.74. The van der Waals surface area contributed by atoms with E-state index in [1.54, 1.807) is 7.05 Å². The van der Waals surface area contributed by atoms with Gasteiger partial charge in [0, 0.05) is 39.0 Å². The molecule has 3 heterocycles. The van der Waals surface area contributed by atoms with Crippen LogP contribution < -0.4 is 0 Å². The van der Waals surface area contributed by atoms with Crippen LogP contribution in [0.4, 0.5) is 17.6 Å². The summed E-state index contributed by atoms with van der Waals surface area (Å²) in [6.45, 7) is 0.661. The van der Waals surface area contributed by atoms with E-state index in [1.165, 1.54) is 21.7 Å². The van der Waals surface area contributed by atoms with Crippen LogP contribution in [0.3, 0.4) is 0 Å². The Kier molecular flexibility index (Phi) is 4.49. The van der Waals surface area contributed by atoms with Gasteiger partial charge in [-0.2, -0.15) is 13.2 Å². The lowest BCUT2D eigenvalue weighted by Crippen LogP contribution is -2.35. The highest BCUT2D eigenvalue weighted by molar-refractivity contribution is 5.94. The second-order valence-electron chi connectivity index (χ2n) is 6.14. The first-order chi connectivity index (χ1) is 11.8. The second-order valence-corrected chi connectivity index (χ2v) is 6.14. The molecule has 9 heteroatoms. The first kappa shape index (κ1) is 17.4. The van der Waals surface area contributed by atoms with E-state index in [1.807, 2.05) is 0 Å². The molecule has 2 aromatic heterocycles. The van der Waals surface area contributed by atoms with Crippen molar-refractivity contribution in [2.75, 3.05) is 13.6 Å². The molecule has 0 fully saturated rings. The molecule has 0 unspecified atom stereocenters. The Balaban J connectivity index is 1.67. The lowest BCUT2D eigenvalue weighted by atomic mass is 9.98. The number of halogens is 4. The Hall–Kier alpha value is -2.45. The molecular weight excluding hydrogens is 340 g/mol. The average Bonchev–Trinajstić information content (AvgIpc) is 2.98. The van der Waals surface area contributed by atoms with E-state index in [2.05, 4.69) is 9.97 Å². The number of nitrogens with zero attached hydrogens (tertiary/aromatic N) is 4. The van der Waals surface area contributed by atoms with Crippen molar-refractivity contribution in [2.45, 2.75) is 25.6 Å². The molecule has 5 nitrogen and oxygen atoms in total. The number of aryl methyl sites for hydroxylation is 1. The fourth-order valence-electron chi connectivity index (χ4n) is 3.02. The van der Waals surface area contributed by atoms with Gasteiger partial charge in [-0.15, -0.1) is 0 Å². The lowest BCUT2D eigenvalue weighted by molar-refractivity contribution is -0.141. The molecule has 0 aromatic carbocycles. The fraction of sp³-hybridized carbons (Fsp3) is 0.438. The monoisotopic (exact) mass is 356 g/mol. The number of rotatable bonds is 3. The molecule has 0 saturated heterocycles. The van der Waals surface area contributed by atoms with E-state index in [0.717, 1.165) is 12.4 Å². The molecule has 134 valence electrons. The molecule has 0 spiro atoms. The summed E-state index contributed by atoms with van der Waals surface area (Å²) in [6.07, 6.45) is -0.131. The lowest BCUT2D eigenvalue weighted by Gasteiger charge is -2.28. The van der Waals surface area contributed by atoms with Crippen LogP contribution in [0, 0.1) is 11.7 Å². The molecule has 1 atom stereocenters. The van der Waals surface area contributed by atoms with Crippen LogP contribution >= 0.6 is 0 Å². The van der Waals surface area contributed by atoms with E-state index in [9.17, 15) is 22.4 Å². The highest BCUT2D eigenvalue weighted by Crippen LogP contribution is 2.30. The van der Waals surface area contributed by atoms with Crippen molar-refractivity contribution < 1.29 is 22.4 Å². The molecule has 1 amide bonds. The summed E-state index contributed by atoms with van der Waals surface area (Å²) in [5, 5.41) is 0. The minimum Gasteiger partial charge on any atom is -0.341 e. The number of carbonyl (C=O) groups excluding carboxylic acids is 1. The van der Waals surface area contributed by atoms with Crippen LogP contribution in [0.15, 0.2) is 24.7 Å². The molecule has 25 heavy (non-hydrogen) atoms. The number of hydrogen-bond acceptors (Lipinski definition) is 3. The number of aromatic nitrogens is 3. The van der Waals surface area contributed by atoms with E-state index in [0.29, 0.717) is 31.8 Å². The Morgan fingerprint density at radius 2 is 2.20 bits per heavy atom. The summed E-state index contributed by atoms with van der Waals surface area (Å²) in [6, 6.07) is 1.30. The third-order valence-electron chi connectivity index (χ3n) is 4.26. The summed E-state index contributed by atoms with van der Waals surface area (Å²) >= 11 is 0. The third kappa shape index (κ3) is 3.64. The number of pyridine rings is 1. The van der Waals surface area contributed by atoms with Crippen molar-refractivity contribution in [2.24, 2.45) is 5.92 Å². The van der Waals surface area contributed by atoms with Gasteiger partial charge in [0.1, 0.15) is 5.82 Å². The molecule has 2 aromatic rings. The molecule has 0 saturated carbocycles. The van der Waals surface area contributed by atoms with Gasteiger partial charge >= 0.3 is 6.18 Å². The summed E-state index contributed by atoms with van der Waals surface area (Å²) in [5.41, 5.74) is -0.970. The average molecular weight is 356 g/mol. The number of fused-ring (bicyclic) bond motifs is 1. The Morgan fingerprint density at radius 3 is 2.88 bits per heavy atom. The minimum atomic E-state index is -4.47. The Morgan fingerprint density at radius 1 is 1.44 bits per heavy atom. The maximum Gasteiger partial charge on any atom is 0.434 e. The highest BCUT2D eigenvalue weighted by Gasteiger charge is 2.36. The van der Waals surface area contributed by atoms with Crippen molar-refractivity contribution >= 4 is 5.91 Å². The third-order valence-corrected chi connectivity index (χ3v) is 4.26. The summed E-state index contributed by atoms with van der Waals surface area (Å²) in [5.74, 6) is -0.804. The van der Waals surface area contributed by atoms with Crippen LogP contribution in [0.25, 0.3) is 0 Å². The molecule has 1 aliphatic heterocycles. The van der Waals surface area contributed by atoms with Gasteiger partial charge in [-0.3, -0.25) is 9.78 Å². The van der Waals surface area contributed by atoms with Crippen molar-refractivity contribution in [3.63, 3.8) is 0 Å².